The summed E-state index contributed by atoms with van der Waals surface area (Å²) in [6.07, 6.45) is 3.00. The number of hydroxylamine groups is 2. The summed E-state index contributed by atoms with van der Waals surface area (Å²) in [4.78, 5) is 42.5. The van der Waals surface area contributed by atoms with Crippen LogP contribution in [0.1, 0.15) is 52.0 Å². The monoisotopic (exact) mass is 389 g/mol. The molecule has 0 saturated heterocycles. The summed E-state index contributed by atoms with van der Waals surface area (Å²) in [5.74, 6) is -2.15. The Hall–Kier alpha value is -2.83. The van der Waals surface area contributed by atoms with Crippen LogP contribution in [-0.4, -0.2) is 41.7 Å². The minimum atomic E-state index is -1.32. The van der Waals surface area contributed by atoms with E-state index < -0.39 is 29.3 Å². The van der Waals surface area contributed by atoms with Gasteiger partial charge in [-0.3, -0.25) is 9.59 Å². The van der Waals surface area contributed by atoms with Gasteiger partial charge in [0.25, 0.3) is 5.91 Å². The molecule has 1 heterocycles. The number of carbonyl (C=O) groups is 3. The average Bonchev–Trinajstić information content (AvgIpc) is 2.66. The largest absolute Gasteiger partial charge is 0.464 e. The minimum Gasteiger partial charge on any atom is -0.464 e. The zero-order valence-electron chi connectivity index (χ0n) is 16.8. The summed E-state index contributed by atoms with van der Waals surface area (Å²) in [5, 5.41) is 1.04. The van der Waals surface area contributed by atoms with Crippen LogP contribution in [0.2, 0.25) is 0 Å². The molecule has 0 spiro atoms. The molecular weight excluding hydrogens is 362 g/mol. The van der Waals surface area contributed by atoms with Crippen LogP contribution in [0.4, 0.5) is 0 Å². The topological polar surface area (TPSA) is 82.1 Å². The van der Waals surface area contributed by atoms with E-state index in [0.29, 0.717) is 11.1 Å². The van der Waals surface area contributed by atoms with E-state index in [1.165, 1.54) is 13.2 Å². The maximum absolute atomic E-state index is 13.3. The van der Waals surface area contributed by atoms with Gasteiger partial charge in [0.15, 0.2) is 5.54 Å². The van der Waals surface area contributed by atoms with Gasteiger partial charge in [0, 0.05) is 12.5 Å². The van der Waals surface area contributed by atoms with E-state index in [9.17, 15) is 14.4 Å². The van der Waals surface area contributed by atoms with Gasteiger partial charge >= 0.3 is 11.9 Å². The molecule has 0 aliphatic carbocycles. The van der Waals surface area contributed by atoms with Crippen molar-refractivity contribution in [2.75, 3.05) is 13.2 Å². The zero-order chi connectivity index (χ0) is 20.7. The summed E-state index contributed by atoms with van der Waals surface area (Å²) in [6, 6.07) is 9.09. The number of amides is 1. The van der Waals surface area contributed by atoms with Crippen molar-refractivity contribution in [3.63, 3.8) is 0 Å². The van der Waals surface area contributed by atoms with Crippen molar-refractivity contribution in [2.24, 2.45) is 0 Å². The van der Waals surface area contributed by atoms with Crippen LogP contribution in [0.25, 0.3) is 0 Å². The molecule has 7 nitrogen and oxygen atoms in total. The highest BCUT2D eigenvalue weighted by atomic mass is 16.7. The number of hydrogen-bond acceptors (Lipinski definition) is 6. The first-order valence-corrected chi connectivity index (χ1v) is 9.34. The van der Waals surface area contributed by atoms with Gasteiger partial charge in [0.2, 0.25) is 0 Å². The summed E-state index contributed by atoms with van der Waals surface area (Å²) < 4.78 is 10.4. The molecule has 1 amide bonds. The number of benzene rings is 1. The minimum absolute atomic E-state index is 0.0736. The van der Waals surface area contributed by atoms with Crippen molar-refractivity contribution in [2.45, 2.75) is 52.0 Å². The molecule has 0 N–H and O–H groups in total. The second kappa shape index (κ2) is 9.39. The summed E-state index contributed by atoms with van der Waals surface area (Å²) in [6.45, 7) is 6.66. The molecule has 2 rings (SSSR count). The Labute approximate surface area is 165 Å². The van der Waals surface area contributed by atoms with Gasteiger partial charge in [-0.05, 0) is 25.8 Å². The van der Waals surface area contributed by atoms with Crippen LogP contribution in [0.5, 0.6) is 0 Å². The van der Waals surface area contributed by atoms with Gasteiger partial charge in [-0.15, -0.1) is 0 Å². The molecule has 1 unspecified atom stereocenters. The van der Waals surface area contributed by atoms with E-state index in [1.54, 1.807) is 26.0 Å². The maximum atomic E-state index is 13.3. The van der Waals surface area contributed by atoms with Crippen LogP contribution in [0.3, 0.4) is 0 Å². The Kier molecular flexibility index (Phi) is 7.20. The molecule has 0 radical (unpaired) electrons. The van der Waals surface area contributed by atoms with E-state index in [1.807, 2.05) is 25.1 Å². The number of nitrogens with zero attached hydrogens (tertiary/aromatic N) is 1. The highest BCUT2D eigenvalue weighted by Gasteiger charge is 2.47. The van der Waals surface area contributed by atoms with E-state index in [4.69, 9.17) is 14.3 Å². The quantitative estimate of drug-likeness (QED) is 0.502. The first kappa shape index (κ1) is 21.5. The fourth-order valence-electron chi connectivity index (χ4n) is 2.80. The zero-order valence-corrected chi connectivity index (χ0v) is 16.8. The van der Waals surface area contributed by atoms with Crippen LogP contribution in [0.15, 0.2) is 42.2 Å². The molecule has 1 atom stereocenters. The van der Waals surface area contributed by atoms with E-state index in [-0.39, 0.29) is 13.2 Å². The van der Waals surface area contributed by atoms with Crippen molar-refractivity contribution in [1.29, 1.82) is 0 Å². The lowest BCUT2D eigenvalue weighted by atomic mass is 9.89. The fraction of sp³-hybridized carbons (Fsp3) is 0.476. The summed E-state index contributed by atoms with van der Waals surface area (Å²) in [5.41, 5.74) is -0.103. The smallest absolute Gasteiger partial charge is 0.335 e. The van der Waals surface area contributed by atoms with Crippen LogP contribution >= 0.6 is 0 Å². The number of ether oxygens (including phenoxy) is 2. The van der Waals surface area contributed by atoms with Gasteiger partial charge in [0.1, 0.15) is 12.9 Å². The van der Waals surface area contributed by atoms with Crippen molar-refractivity contribution < 1.29 is 28.7 Å². The Morgan fingerprint density at radius 3 is 2.46 bits per heavy atom. The van der Waals surface area contributed by atoms with Crippen LogP contribution in [0, 0.1) is 0 Å². The first-order valence-electron chi connectivity index (χ1n) is 9.34. The molecule has 1 aliphatic rings. The van der Waals surface area contributed by atoms with Gasteiger partial charge in [-0.25, -0.2) is 4.79 Å². The van der Waals surface area contributed by atoms with Crippen molar-refractivity contribution in [3.8, 4) is 0 Å². The summed E-state index contributed by atoms with van der Waals surface area (Å²) >= 11 is 0. The molecule has 0 saturated carbocycles. The number of rotatable bonds is 8. The highest BCUT2D eigenvalue weighted by Crippen LogP contribution is 2.34. The van der Waals surface area contributed by atoms with E-state index in [0.717, 1.165) is 17.9 Å². The number of esters is 2. The highest BCUT2D eigenvalue weighted by molar-refractivity contribution is 5.92. The van der Waals surface area contributed by atoms with Crippen molar-refractivity contribution >= 4 is 17.8 Å². The second-order valence-corrected chi connectivity index (χ2v) is 7.10. The lowest BCUT2D eigenvalue weighted by Crippen LogP contribution is -2.56. The molecule has 1 aromatic rings. The summed E-state index contributed by atoms with van der Waals surface area (Å²) in [7, 11) is 0. The predicted octanol–water partition coefficient (Wildman–Crippen LogP) is 3.11. The molecule has 1 aromatic carbocycles. The molecule has 0 aromatic heterocycles. The van der Waals surface area contributed by atoms with E-state index in [2.05, 4.69) is 0 Å². The van der Waals surface area contributed by atoms with Gasteiger partial charge < -0.3 is 14.3 Å². The Balaban J connectivity index is 2.30. The van der Waals surface area contributed by atoms with E-state index >= 15 is 0 Å². The molecule has 1 aliphatic heterocycles. The Morgan fingerprint density at radius 2 is 1.86 bits per heavy atom. The number of hydrogen-bond donors (Lipinski definition) is 0. The Morgan fingerprint density at radius 1 is 1.18 bits per heavy atom. The molecule has 28 heavy (non-hydrogen) atoms. The van der Waals surface area contributed by atoms with Gasteiger partial charge in [0.05, 0.1) is 12.5 Å². The van der Waals surface area contributed by atoms with Crippen LogP contribution < -0.4 is 0 Å². The average molecular weight is 389 g/mol. The molecular formula is C21H27NO6. The van der Waals surface area contributed by atoms with Gasteiger partial charge in [-0.2, -0.15) is 5.06 Å². The third-order valence-electron chi connectivity index (χ3n) is 4.44. The first-order chi connectivity index (χ1) is 13.3. The lowest BCUT2D eigenvalue weighted by molar-refractivity contribution is -0.210. The van der Waals surface area contributed by atoms with Crippen molar-refractivity contribution in [1.82, 2.24) is 5.06 Å². The van der Waals surface area contributed by atoms with Crippen molar-refractivity contribution in [3.05, 3.63) is 47.7 Å². The second-order valence-electron chi connectivity index (χ2n) is 7.10. The molecule has 0 fully saturated rings. The SMILES string of the molecule is CCCCOC(=O)C(C)(C)N1OC=C(COC(C)=O)C(c2ccccc2)C1=O. The van der Waals surface area contributed by atoms with Gasteiger partial charge in [-0.1, -0.05) is 43.7 Å². The fourth-order valence-corrected chi connectivity index (χ4v) is 2.80. The third kappa shape index (κ3) is 4.91. The molecule has 7 heteroatoms. The normalized spacial score (nSPS) is 16.9. The molecule has 0 bridgehead atoms. The molecule has 152 valence electrons. The van der Waals surface area contributed by atoms with Crippen LogP contribution in [-0.2, 0) is 28.7 Å². The number of unbranched alkanes of at least 4 members (excludes halogenated alkanes) is 1. The predicted molar refractivity (Wildman–Crippen MR) is 102 cm³/mol. The lowest BCUT2D eigenvalue weighted by Gasteiger charge is -2.39. The maximum Gasteiger partial charge on any atom is 0.335 e. The number of carbonyl (C=O) groups excluding carboxylic acids is 3. The third-order valence-corrected chi connectivity index (χ3v) is 4.44. The standard InChI is InChI=1S/C21H27NO6/c1-5-6-12-26-20(25)21(3,4)22-19(24)18(16-10-8-7-9-11-16)17(14-28-22)13-27-15(2)23/h7-11,14,18H,5-6,12-13H2,1-4H3. The Bertz CT molecular complexity index is 741.